The topological polar surface area (TPSA) is 116 Å². The number of carbonyl (C=O) groups excluding carboxylic acids is 1. The number of carbonyl (C=O) groups is 3. The van der Waals surface area contributed by atoms with Gasteiger partial charge in [-0.25, -0.2) is 9.59 Å². The van der Waals surface area contributed by atoms with Crippen molar-refractivity contribution < 1.29 is 29.3 Å². The molecule has 3 N–H and O–H groups in total. The first kappa shape index (κ1) is 28.6. The number of ether oxygens (including phenoxy) is 1. The lowest BCUT2D eigenvalue weighted by Gasteiger charge is -2.18. The van der Waals surface area contributed by atoms with Crippen LogP contribution in [0, 0.1) is 20.8 Å². The van der Waals surface area contributed by atoms with E-state index in [0.29, 0.717) is 25.2 Å². The van der Waals surface area contributed by atoms with Crippen molar-refractivity contribution >= 4 is 23.5 Å². The van der Waals surface area contributed by atoms with Gasteiger partial charge in [0.15, 0.2) is 0 Å². The zero-order chi connectivity index (χ0) is 26.5. The van der Waals surface area contributed by atoms with Crippen LogP contribution in [0.25, 0.3) is 0 Å². The number of benzene rings is 2. The maximum Gasteiger partial charge on any atom is 0.328 e. The van der Waals surface area contributed by atoms with Crippen LogP contribution in [0.5, 0.6) is 5.75 Å². The van der Waals surface area contributed by atoms with Gasteiger partial charge in [-0.05, 0) is 87.5 Å². The summed E-state index contributed by atoms with van der Waals surface area (Å²) in [5.41, 5.74) is 5.44. The fraction of sp³-hybridized carbons (Fsp3) is 0.393. The second-order valence-electron chi connectivity index (χ2n) is 8.82. The summed E-state index contributed by atoms with van der Waals surface area (Å²) in [5, 5.41) is 18.7. The normalized spacial score (nSPS) is 13.2. The summed E-state index contributed by atoms with van der Waals surface area (Å²) in [6, 6.07) is 12.2. The quantitative estimate of drug-likeness (QED) is 0.418. The van der Waals surface area contributed by atoms with Crippen molar-refractivity contribution in [3.63, 3.8) is 0 Å². The number of amides is 1. The summed E-state index contributed by atoms with van der Waals surface area (Å²) in [4.78, 5) is 33.9. The molecule has 194 valence electrons. The van der Waals surface area contributed by atoms with Crippen LogP contribution in [0.15, 0.2) is 48.6 Å². The number of nitrogens with zero attached hydrogens (tertiary/aromatic N) is 1. The number of anilines is 1. The molecule has 2 aromatic rings. The highest BCUT2D eigenvalue weighted by atomic mass is 16.5. The van der Waals surface area contributed by atoms with Gasteiger partial charge in [0.05, 0.1) is 0 Å². The van der Waals surface area contributed by atoms with E-state index in [0.717, 1.165) is 35.5 Å². The van der Waals surface area contributed by atoms with Crippen LogP contribution in [0.3, 0.4) is 0 Å². The van der Waals surface area contributed by atoms with E-state index < -0.39 is 11.9 Å². The first-order valence-corrected chi connectivity index (χ1v) is 12.1. The van der Waals surface area contributed by atoms with Gasteiger partial charge in [0, 0.05) is 30.8 Å². The molecule has 1 heterocycles. The Hall–Kier alpha value is -3.65. The summed E-state index contributed by atoms with van der Waals surface area (Å²) in [6.07, 6.45) is 4.96. The van der Waals surface area contributed by atoms with E-state index in [2.05, 4.69) is 29.3 Å². The highest BCUT2D eigenvalue weighted by Gasteiger charge is 2.13. The number of carboxylic acid groups (broad SMARTS) is 2. The molecule has 8 heteroatoms. The predicted octanol–water partition coefficient (Wildman–Crippen LogP) is 4.37. The molecule has 3 rings (SSSR count). The van der Waals surface area contributed by atoms with Gasteiger partial charge in [0.2, 0.25) is 5.91 Å². The summed E-state index contributed by atoms with van der Waals surface area (Å²) < 4.78 is 6.05. The molecule has 1 aliphatic heterocycles. The summed E-state index contributed by atoms with van der Waals surface area (Å²) >= 11 is 0. The van der Waals surface area contributed by atoms with E-state index in [1.54, 1.807) is 0 Å². The van der Waals surface area contributed by atoms with Crippen LogP contribution in [0.2, 0.25) is 0 Å². The molecule has 0 unspecified atom stereocenters. The Morgan fingerprint density at radius 3 is 2.08 bits per heavy atom. The number of likely N-dealkylation sites (tertiary alicyclic amines) is 1. The third-order valence-corrected chi connectivity index (χ3v) is 5.85. The fourth-order valence-electron chi connectivity index (χ4n) is 4.04. The molecule has 0 bridgehead atoms. The Balaban J connectivity index is 0.000000493. The van der Waals surface area contributed by atoms with Crippen molar-refractivity contribution in [1.82, 2.24) is 4.90 Å². The zero-order valence-electron chi connectivity index (χ0n) is 21.3. The van der Waals surface area contributed by atoms with E-state index >= 15 is 0 Å². The summed E-state index contributed by atoms with van der Waals surface area (Å²) in [6.45, 7) is 10.2. The molecule has 0 aromatic heterocycles. The molecule has 0 atom stereocenters. The van der Waals surface area contributed by atoms with E-state index in [4.69, 9.17) is 14.9 Å². The van der Waals surface area contributed by atoms with Gasteiger partial charge < -0.3 is 20.3 Å². The molecule has 1 amide bonds. The monoisotopic (exact) mass is 496 g/mol. The number of rotatable bonds is 10. The maximum absolute atomic E-state index is 12.4. The Bertz CT molecular complexity index is 1030. The first-order chi connectivity index (χ1) is 17.2. The van der Waals surface area contributed by atoms with E-state index in [1.807, 2.05) is 38.1 Å². The molecular weight excluding hydrogens is 460 g/mol. The highest BCUT2D eigenvalue weighted by Crippen LogP contribution is 2.27. The molecule has 0 radical (unpaired) electrons. The van der Waals surface area contributed by atoms with Gasteiger partial charge in [0.1, 0.15) is 12.4 Å². The van der Waals surface area contributed by atoms with Gasteiger partial charge in [0.25, 0.3) is 0 Å². The lowest BCUT2D eigenvalue weighted by molar-refractivity contribution is -0.134. The highest BCUT2D eigenvalue weighted by molar-refractivity contribution is 5.91. The second kappa shape index (κ2) is 14.7. The first-order valence-electron chi connectivity index (χ1n) is 12.1. The Kier molecular flexibility index (Phi) is 11.7. The second-order valence-corrected chi connectivity index (χ2v) is 8.82. The average molecular weight is 497 g/mol. The van der Waals surface area contributed by atoms with Crippen molar-refractivity contribution in [3.8, 4) is 5.75 Å². The van der Waals surface area contributed by atoms with Crippen molar-refractivity contribution in [2.45, 2.75) is 46.5 Å². The van der Waals surface area contributed by atoms with E-state index in [9.17, 15) is 14.4 Å². The van der Waals surface area contributed by atoms with Crippen molar-refractivity contribution in [1.29, 1.82) is 0 Å². The minimum Gasteiger partial charge on any atom is -0.492 e. The Morgan fingerprint density at radius 1 is 0.944 bits per heavy atom. The number of aliphatic carboxylic acids is 2. The standard InChI is InChI=1S/C24H32N2O2.C4H4O4/c1-18-8-4-5-9-21(18)10-11-23(27)25-22-16-19(2)24(20(3)17-22)28-15-14-26-12-6-7-13-26;5-3(6)1-2-4(7)8/h4-5,8-9,16-17H,6-7,10-15H2,1-3H3,(H,25,27);1-2H,(H,5,6)(H,7,8). The SMILES string of the molecule is Cc1ccccc1CCC(=O)Nc1cc(C)c(OCCN2CCCC2)c(C)c1.O=C(O)C=CC(=O)O. The Labute approximate surface area is 212 Å². The smallest absolute Gasteiger partial charge is 0.328 e. The molecule has 1 fully saturated rings. The largest absolute Gasteiger partial charge is 0.492 e. The molecule has 0 saturated carbocycles. The van der Waals surface area contributed by atoms with Crippen LogP contribution in [-0.2, 0) is 20.8 Å². The molecule has 8 nitrogen and oxygen atoms in total. The van der Waals surface area contributed by atoms with Gasteiger partial charge in [-0.15, -0.1) is 0 Å². The number of aryl methyl sites for hydroxylation is 4. The van der Waals surface area contributed by atoms with Gasteiger partial charge >= 0.3 is 11.9 Å². The molecule has 0 aliphatic carbocycles. The van der Waals surface area contributed by atoms with Crippen LogP contribution < -0.4 is 10.1 Å². The number of hydrogen-bond donors (Lipinski definition) is 3. The third kappa shape index (κ3) is 10.3. The average Bonchev–Trinajstić information content (AvgIpc) is 3.33. The number of hydrogen-bond acceptors (Lipinski definition) is 5. The van der Waals surface area contributed by atoms with Crippen LogP contribution in [-0.4, -0.2) is 59.2 Å². The molecular formula is C28H36N2O6. The fourth-order valence-corrected chi connectivity index (χ4v) is 4.04. The molecule has 36 heavy (non-hydrogen) atoms. The van der Waals surface area contributed by atoms with E-state index in [-0.39, 0.29) is 5.91 Å². The minimum atomic E-state index is -1.26. The van der Waals surface area contributed by atoms with Crippen molar-refractivity contribution in [2.75, 3.05) is 31.6 Å². The zero-order valence-corrected chi connectivity index (χ0v) is 21.3. The van der Waals surface area contributed by atoms with Crippen LogP contribution in [0.1, 0.15) is 41.5 Å². The van der Waals surface area contributed by atoms with Gasteiger partial charge in [-0.3, -0.25) is 9.69 Å². The third-order valence-electron chi connectivity index (χ3n) is 5.85. The minimum absolute atomic E-state index is 0.0461. The summed E-state index contributed by atoms with van der Waals surface area (Å²) in [7, 11) is 0. The van der Waals surface area contributed by atoms with Crippen molar-refractivity contribution in [2.24, 2.45) is 0 Å². The summed E-state index contributed by atoms with van der Waals surface area (Å²) in [5.74, 6) is -1.53. The predicted molar refractivity (Wildman–Crippen MR) is 140 cm³/mol. The lowest BCUT2D eigenvalue weighted by atomic mass is 10.0. The maximum atomic E-state index is 12.4. The Morgan fingerprint density at radius 2 is 1.53 bits per heavy atom. The number of carboxylic acids is 2. The molecule has 1 saturated heterocycles. The van der Waals surface area contributed by atoms with Gasteiger partial charge in [-0.2, -0.15) is 0 Å². The van der Waals surface area contributed by atoms with Crippen LogP contribution >= 0.6 is 0 Å². The van der Waals surface area contributed by atoms with E-state index in [1.165, 1.54) is 37.1 Å². The lowest BCUT2D eigenvalue weighted by Crippen LogP contribution is -2.25. The number of nitrogens with one attached hydrogen (secondary N) is 1. The molecule has 1 aliphatic rings. The van der Waals surface area contributed by atoms with Gasteiger partial charge in [-0.1, -0.05) is 24.3 Å². The molecule has 2 aromatic carbocycles. The van der Waals surface area contributed by atoms with Crippen molar-refractivity contribution in [3.05, 3.63) is 70.8 Å². The van der Waals surface area contributed by atoms with Crippen LogP contribution in [0.4, 0.5) is 5.69 Å². The molecule has 0 spiro atoms.